The molecule has 1 amide bonds. The summed E-state index contributed by atoms with van der Waals surface area (Å²) in [7, 11) is 0. The van der Waals surface area contributed by atoms with E-state index in [0.717, 1.165) is 25.1 Å². The Kier molecular flexibility index (Phi) is 4.16. The second-order valence-electron chi connectivity index (χ2n) is 6.00. The molecule has 1 aromatic carbocycles. The summed E-state index contributed by atoms with van der Waals surface area (Å²) in [6.07, 6.45) is 0.404. The summed E-state index contributed by atoms with van der Waals surface area (Å²) in [5.74, 6) is 0.0213. The molecule has 2 rings (SSSR count). The van der Waals surface area contributed by atoms with Crippen molar-refractivity contribution in [1.29, 1.82) is 0 Å². The molecule has 0 aromatic heterocycles. The number of nitrogens with zero attached hydrogens (tertiary/aromatic N) is 1. The minimum absolute atomic E-state index is 0.0213. The normalized spacial score (nSPS) is 19.5. The van der Waals surface area contributed by atoms with Gasteiger partial charge in [-0.2, -0.15) is 0 Å². The molecule has 3 nitrogen and oxygen atoms in total. The molecule has 19 heavy (non-hydrogen) atoms. The lowest BCUT2D eigenvalue weighted by atomic mass is 9.93. The van der Waals surface area contributed by atoms with Gasteiger partial charge in [-0.15, -0.1) is 0 Å². The van der Waals surface area contributed by atoms with E-state index in [4.69, 9.17) is 11.6 Å². The van der Waals surface area contributed by atoms with Crippen molar-refractivity contribution in [3.05, 3.63) is 34.9 Å². The van der Waals surface area contributed by atoms with Gasteiger partial charge in [0.2, 0.25) is 5.91 Å². The molecule has 0 aliphatic carbocycles. The van der Waals surface area contributed by atoms with Crippen molar-refractivity contribution >= 4 is 17.5 Å². The van der Waals surface area contributed by atoms with E-state index < -0.39 is 6.10 Å². The zero-order chi connectivity index (χ0) is 14.0. The quantitative estimate of drug-likeness (QED) is 0.925. The van der Waals surface area contributed by atoms with E-state index in [-0.39, 0.29) is 17.7 Å². The third-order valence-corrected chi connectivity index (χ3v) is 3.90. The molecule has 1 aliphatic heterocycles. The second-order valence-corrected chi connectivity index (χ2v) is 6.44. The number of rotatable bonds is 3. The Morgan fingerprint density at radius 2 is 2.05 bits per heavy atom. The average Bonchev–Trinajstić information content (AvgIpc) is 2.70. The summed E-state index contributed by atoms with van der Waals surface area (Å²) in [5.41, 5.74) is 0.928. The van der Waals surface area contributed by atoms with Crippen LogP contribution in [0.2, 0.25) is 5.02 Å². The summed E-state index contributed by atoms with van der Waals surface area (Å²) in [6.45, 7) is 5.89. The van der Waals surface area contributed by atoms with Crippen LogP contribution < -0.4 is 0 Å². The summed E-state index contributed by atoms with van der Waals surface area (Å²) in [5, 5.41) is 10.7. The predicted octanol–water partition coefficient (Wildman–Crippen LogP) is 3.02. The lowest BCUT2D eigenvalue weighted by Gasteiger charge is -2.21. The number of likely N-dealkylation sites (tertiary alicyclic amines) is 1. The van der Waals surface area contributed by atoms with E-state index in [1.165, 1.54) is 0 Å². The SMILES string of the molecule is CC1(C)CCN(C(=O)CC(O)c2ccc(Cl)cc2)C1. The van der Waals surface area contributed by atoms with Gasteiger partial charge in [-0.3, -0.25) is 4.79 Å². The fourth-order valence-electron chi connectivity index (χ4n) is 2.42. The zero-order valence-electron chi connectivity index (χ0n) is 11.4. The molecule has 0 saturated carbocycles. The first-order valence-electron chi connectivity index (χ1n) is 6.59. The van der Waals surface area contributed by atoms with Gasteiger partial charge in [0.25, 0.3) is 0 Å². The van der Waals surface area contributed by atoms with E-state index >= 15 is 0 Å². The standard InChI is InChI=1S/C15H20ClNO2/c1-15(2)7-8-17(10-15)14(19)9-13(18)11-3-5-12(16)6-4-11/h3-6,13,18H,7-10H2,1-2H3. The number of amides is 1. The van der Waals surface area contributed by atoms with Crippen LogP contribution in [-0.4, -0.2) is 29.0 Å². The van der Waals surface area contributed by atoms with Crippen LogP contribution in [0.1, 0.15) is 38.4 Å². The first-order valence-corrected chi connectivity index (χ1v) is 6.96. The molecule has 104 valence electrons. The Bertz CT molecular complexity index is 456. The van der Waals surface area contributed by atoms with Crippen molar-refractivity contribution < 1.29 is 9.90 Å². The van der Waals surface area contributed by atoms with Crippen LogP contribution in [-0.2, 0) is 4.79 Å². The van der Waals surface area contributed by atoms with Crippen LogP contribution in [0.5, 0.6) is 0 Å². The third-order valence-electron chi connectivity index (χ3n) is 3.65. The second kappa shape index (κ2) is 5.51. The highest BCUT2D eigenvalue weighted by Gasteiger charge is 2.32. The Balaban J connectivity index is 1.94. The Labute approximate surface area is 119 Å². The third kappa shape index (κ3) is 3.71. The van der Waals surface area contributed by atoms with Gasteiger partial charge in [0, 0.05) is 18.1 Å². The molecule has 0 spiro atoms. The van der Waals surface area contributed by atoms with E-state index in [1.807, 2.05) is 4.90 Å². The van der Waals surface area contributed by atoms with Crippen molar-refractivity contribution in [3.8, 4) is 0 Å². The minimum atomic E-state index is -0.756. The number of hydrogen-bond acceptors (Lipinski definition) is 2. The van der Waals surface area contributed by atoms with Crippen molar-refractivity contribution in [2.45, 2.75) is 32.8 Å². The van der Waals surface area contributed by atoms with Crippen molar-refractivity contribution in [3.63, 3.8) is 0 Å². The molecule has 1 heterocycles. The van der Waals surface area contributed by atoms with Crippen molar-refractivity contribution in [1.82, 2.24) is 4.90 Å². The van der Waals surface area contributed by atoms with Gasteiger partial charge in [-0.25, -0.2) is 0 Å². The Morgan fingerprint density at radius 1 is 1.42 bits per heavy atom. The highest BCUT2D eigenvalue weighted by Crippen LogP contribution is 2.30. The highest BCUT2D eigenvalue weighted by atomic mass is 35.5. The fraction of sp³-hybridized carbons (Fsp3) is 0.533. The van der Waals surface area contributed by atoms with Gasteiger partial charge in [0.1, 0.15) is 0 Å². The van der Waals surface area contributed by atoms with Gasteiger partial charge >= 0.3 is 0 Å². The molecule has 1 aliphatic rings. The highest BCUT2D eigenvalue weighted by molar-refractivity contribution is 6.30. The Morgan fingerprint density at radius 3 is 2.58 bits per heavy atom. The maximum absolute atomic E-state index is 12.1. The molecule has 1 saturated heterocycles. The molecular formula is C15H20ClNO2. The minimum Gasteiger partial charge on any atom is -0.388 e. The number of halogens is 1. The topological polar surface area (TPSA) is 40.5 Å². The van der Waals surface area contributed by atoms with E-state index in [2.05, 4.69) is 13.8 Å². The van der Waals surface area contributed by atoms with E-state index in [9.17, 15) is 9.90 Å². The number of aliphatic hydroxyl groups is 1. The number of aliphatic hydroxyl groups excluding tert-OH is 1. The Hall–Kier alpha value is -1.06. The summed E-state index contributed by atoms with van der Waals surface area (Å²) in [4.78, 5) is 14.0. The number of hydrogen-bond donors (Lipinski definition) is 1. The summed E-state index contributed by atoms with van der Waals surface area (Å²) in [6, 6.07) is 6.97. The molecule has 4 heteroatoms. The van der Waals surface area contributed by atoms with Crippen LogP contribution >= 0.6 is 11.6 Å². The van der Waals surface area contributed by atoms with Crippen molar-refractivity contribution in [2.75, 3.05) is 13.1 Å². The smallest absolute Gasteiger partial charge is 0.225 e. The van der Waals surface area contributed by atoms with Gasteiger partial charge < -0.3 is 10.0 Å². The molecule has 1 atom stereocenters. The maximum atomic E-state index is 12.1. The van der Waals surface area contributed by atoms with Gasteiger partial charge in [-0.1, -0.05) is 37.6 Å². The van der Waals surface area contributed by atoms with Crippen LogP contribution in [0.3, 0.4) is 0 Å². The number of carbonyl (C=O) groups excluding carboxylic acids is 1. The van der Waals surface area contributed by atoms with Crippen LogP contribution in [0.15, 0.2) is 24.3 Å². The largest absolute Gasteiger partial charge is 0.388 e. The first-order chi connectivity index (χ1) is 8.87. The zero-order valence-corrected chi connectivity index (χ0v) is 12.2. The molecule has 1 fully saturated rings. The molecule has 1 aromatic rings. The van der Waals surface area contributed by atoms with Crippen molar-refractivity contribution in [2.24, 2.45) is 5.41 Å². The molecule has 1 N–H and O–H groups in total. The van der Waals surface area contributed by atoms with Gasteiger partial charge in [-0.05, 0) is 29.5 Å². The molecule has 1 unspecified atom stereocenters. The fourth-order valence-corrected chi connectivity index (χ4v) is 2.55. The summed E-state index contributed by atoms with van der Waals surface area (Å²) < 4.78 is 0. The van der Waals surface area contributed by atoms with E-state index in [1.54, 1.807) is 24.3 Å². The molecule has 0 radical (unpaired) electrons. The number of carbonyl (C=O) groups is 1. The molecular weight excluding hydrogens is 262 g/mol. The lowest BCUT2D eigenvalue weighted by molar-refractivity contribution is -0.132. The number of benzene rings is 1. The monoisotopic (exact) mass is 281 g/mol. The first kappa shape index (κ1) is 14.4. The average molecular weight is 282 g/mol. The molecule has 0 bridgehead atoms. The lowest BCUT2D eigenvalue weighted by Crippen LogP contribution is -2.31. The van der Waals surface area contributed by atoms with Crippen LogP contribution in [0.4, 0.5) is 0 Å². The summed E-state index contributed by atoms with van der Waals surface area (Å²) >= 11 is 5.80. The van der Waals surface area contributed by atoms with E-state index in [0.29, 0.717) is 5.02 Å². The van der Waals surface area contributed by atoms with Crippen LogP contribution in [0, 0.1) is 5.41 Å². The predicted molar refractivity (Wildman–Crippen MR) is 76.0 cm³/mol. The van der Waals surface area contributed by atoms with Crippen LogP contribution in [0.25, 0.3) is 0 Å². The maximum Gasteiger partial charge on any atom is 0.225 e. The van der Waals surface area contributed by atoms with Gasteiger partial charge in [0.15, 0.2) is 0 Å². The van der Waals surface area contributed by atoms with Gasteiger partial charge in [0.05, 0.1) is 12.5 Å².